The van der Waals surface area contributed by atoms with Gasteiger partial charge >= 0.3 is 0 Å². The van der Waals surface area contributed by atoms with E-state index in [1.807, 2.05) is 6.92 Å². The number of aliphatic imine (C=N–C) groups is 1. The molecule has 122 valence electrons. The maximum atomic E-state index is 11.9. The molecule has 0 fully saturated rings. The molecule has 0 atom stereocenters. The van der Waals surface area contributed by atoms with Gasteiger partial charge in [0, 0.05) is 19.3 Å². The largest absolute Gasteiger partial charge is 0.357 e. The molecule has 22 heavy (non-hydrogen) atoms. The molecule has 0 radical (unpaired) electrons. The van der Waals surface area contributed by atoms with Crippen LogP contribution in [0.15, 0.2) is 29.5 Å². The first-order valence-corrected chi connectivity index (χ1v) is 7.91. The number of guanidine groups is 1. The molecule has 0 aliphatic heterocycles. The van der Waals surface area contributed by atoms with Gasteiger partial charge in [0.1, 0.15) is 6.54 Å². The van der Waals surface area contributed by atoms with Crippen molar-refractivity contribution in [2.24, 2.45) is 10.9 Å². The second kappa shape index (κ2) is 10.6. The van der Waals surface area contributed by atoms with E-state index in [0.29, 0.717) is 17.6 Å². The van der Waals surface area contributed by atoms with E-state index in [4.69, 9.17) is 0 Å². The lowest BCUT2D eigenvalue weighted by molar-refractivity contribution is -0.114. The van der Waals surface area contributed by atoms with Crippen molar-refractivity contribution in [3.05, 3.63) is 24.5 Å². The smallest absolute Gasteiger partial charge is 0.246 e. The quantitative estimate of drug-likeness (QED) is 0.507. The number of rotatable bonds is 8. The molecule has 1 amide bonds. The zero-order valence-electron chi connectivity index (χ0n) is 13.7. The molecule has 0 saturated carbocycles. The first-order chi connectivity index (χ1) is 10.7. The second-order valence-corrected chi connectivity index (χ2v) is 5.05. The maximum Gasteiger partial charge on any atom is 0.246 e. The van der Waals surface area contributed by atoms with Gasteiger partial charge in [0.2, 0.25) is 5.91 Å². The number of pyridine rings is 1. The summed E-state index contributed by atoms with van der Waals surface area (Å²) < 4.78 is 0. The van der Waals surface area contributed by atoms with Crippen LogP contribution < -0.4 is 16.0 Å². The van der Waals surface area contributed by atoms with Crippen molar-refractivity contribution in [2.45, 2.75) is 33.6 Å². The summed E-state index contributed by atoms with van der Waals surface area (Å²) in [6.45, 7) is 8.07. The number of carbonyl (C=O) groups is 1. The van der Waals surface area contributed by atoms with Gasteiger partial charge in [0.25, 0.3) is 0 Å². The van der Waals surface area contributed by atoms with Gasteiger partial charge in [0.05, 0.1) is 11.9 Å². The SMILES string of the molecule is CCNC(=NCC(=O)Nc1cccnc1)NCC(CC)CC. The Hall–Kier alpha value is -2.11. The molecule has 1 heterocycles. The molecular weight excluding hydrogens is 278 g/mol. The number of carbonyl (C=O) groups excluding carboxylic acids is 1. The van der Waals surface area contributed by atoms with Gasteiger partial charge < -0.3 is 16.0 Å². The highest BCUT2D eigenvalue weighted by Gasteiger charge is 2.06. The minimum absolute atomic E-state index is 0.0765. The van der Waals surface area contributed by atoms with Gasteiger partial charge in [-0.3, -0.25) is 9.78 Å². The third-order valence-electron chi connectivity index (χ3n) is 3.38. The van der Waals surface area contributed by atoms with E-state index >= 15 is 0 Å². The predicted molar refractivity (Wildman–Crippen MR) is 90.9 cm³/mol. The van der Waals surface area contributed by atoms with E-state index < -0.39 is 0 Å². The van der Waals surface area contributed by atoms with E-state index in [0.717, 1.165) is 25.9 Å². The fourth-order valence-electron chi connectivity index (χ4n) is 1.95. The van der Waals surface area contributed by atoms with Crippen LogP contribution in [-0.2, 0) is 4.79 Å². The standard InChI is InChI=1S/C16H27N5O/c1-4-13(5-2)10-19-16(18-6-3)20-12-15(22)21-14-8-7-9-17-11-14/h7-9,11,13H,4-6,10,12H2,1-3H3,(H,21,22)(H2,18,19,20). The highest BCUT2D eigenvalue weighted by Crippen LogP contribution is 2.05. The lowest BCUT2D eigenvalue weighted by Gasteiger charge is -2.16. The Morgan fingerprint density at radius 2 is 2.05 bits per heavy atom. The Morgan fingerprint density at radius 1 is 1.27 bits per heavy atom. The summed E-state index contributed by atoms with van der Waals surface area (Å²) in [6, 6.07) is 3.57. The highest BCUT2D eigenvalue weighted by atomic mass is 16.1. The molecule has 0 aromatic carbocycles. The molecular formula is C16H27N5O. The average molecular weight is 305 g/mol. The van der Waals surface area contributed by atoms with Crippen molar-refractivity contribution >= 4 is 17.6 Å². The van der Waals surface area contributed by atoms with Gasteiger partial charge in [-0.25, -0.2) is 4.99 Å². The first-order valence-electron chi connectivity index (χ1n) is 7.91. The van der Waals surface area contributed by atoms with Crippen LogP contribution in [0.4, 0.5) is 5.69 Å². The lowest BCUT2D eigenvalue weighted by Crippen LogP contribution is -2.40. The Balaban J connectivity index is 2.48. The third-order valence-corrected chi connectivity index (χ3v) is 3.38. The maximum absolute atomic E-state index is 11.9. The van der Waals surface area contributed by atoms with Crippen LogP contribution >= 0.6 is 0 Å². The van der Waals surface area contributed by atoms with Crippen molar-refractivity contribution in [2.75, 3.05) is 25.0 Å². The molecule has 6 heteroatoms. The normalized spacial score (nSPS) is 11.4. The van der Waals surface area contributed by atoms with Crippen LogP contribution in [0.5, 0.6) is 0 Å². The number of amides is 1. The minimum Gasteiger partial charge on any atom is -0.357 e. The Morgan fingerprint density at radius 3 is 2.64 bits per heavy atom. The van der Waals surface area contributed by atoms with Crippen molar-refractivity contribution in [1.82, 2.24) is 15.6 Å². The molecule has 0 aliphatic carbocycles. The van der Waals surface area contributed by atoms with Gasteiger partial charge in [-0.15, -0.1) is 0 Å². The number of nitrogens with one attached hydrogen (secondary N) is 3. The van der Waals surface area contributed by atoms with E-state index in [-0.39, 0.29) is 12.5 Å². The zero-order valence-corrected chi connectivity index (χ0v) is 13.7. The number of hydrogen-bond acceptors (Lipinski definition) is 3. The van der Waals surface area contributed by atoms with Crippen LogP contribution in [0.1, 0.15) is 33.6 Å². The van der Waals surface area contributed by atoms with Gasteiger partial charge in [0.15, 0.2) is 5.96 Å². The van der Waals surface area contributed by atoms with Gasteiger partial charge in [-0.2, -0.15) is 0 Å². The molecule has 1 rings (SSSR count). The topological polar surface area (TPSA) is 78.4 Å². The summed E-state index contributed by atoms with van der Waals surface area (Å²) in [4.78, 5) is 20.1. The van der Waals surface area contributed by atoms with Crippen molar-refractivity contribution < 1.29 is 4.79 Å². The third kappa shape index (κ3) is 7.06. The Bertz CT molecular complexity index is 457. The summed E-state index contributed by atoms with van der Waals surface area (Å²) in [6.07, 6.45) is 5.53. The van der Waals surface area contributed by atoms with Crippen LogP contribution in [0.2, 0.25) is 0 Å². The van der Waals surface area contributed by atoms with Crippen LogP contribution in [0, 0.1) is 5.92 Å². The van der Waals surface area contributed by atoms with Gasteiger partial charge in [-0.05, 0) is 25.0 Å². The number of anilines is 1. The molecule has 3 N–H and O–H groups in total. The molecule has 0 unspecified atom stereocenters. The summed E-state index contributed by atoms with van der Waals surface area (Å²) >= 11 is 0. The Labute approximate surface area is 132 Å². The summed E-state index contributed by atoms with van der Waals surface area (Å²) in [7, 11) is 0. The summed E-state index contributed by atoms with van der Waals surface area (Å²) in [5, 5.41) is 9.20. The molecule has 6 nitrogen and oxygen atoms in total. The van der Waals surface area contributed by atoms with Crippen LogP contribution in [0.3, 0.4) is 0 Å². The van der Waals surface area contributed by atoms with Crippen LogP contribution in [0.25, 0.3) is 0 Å². The van der Waals surface area contributed by atoms with Crippen molar-refractivity contribution in [3.63, 3.8) is 0 Å². The highest BCUT2D eigenvalue weighted by molar-refractivity contribution is 5.93. The molecule has 0 bridgehead atoms. The number of aromatic nitrogens is 1. The van der Waals surface area contributed by atoms with E-state index in [1.165, 1.54) is 0 Å². The monoisotopic (exact) mass is 305 g/mol. The fourth-order valence-corrected chi connectivity index (χ4v) is 1.95. The summed E-state index contributed by atoms with van der Waals surface area (Å²) in [5.41, 5.74) is 0.678. The lowest BCUT2D eigenvalue weighted by atomic mass is 10.0. The van der Waals surface area contributed by atoms with Gasteiger partial charge in [-0.1, -0.05) is 26.7 Å². The number of nitrogens with zero attached hydrogens (tertiary/aromatic N) is 2. The van der Waals surface area contributed by atoms with Crippen LogP contribution in [-0.4, -0.2) is 36.5 Å². The first kappa shape index (κ1) is 17.9. The zero-order chi connectivity index (χ0) is 16.2. The minimum atomic E-state index is -0.160. The van der Waals surface area contributed by atoms with E-state index in [2.05, 4.69) is 39.8 Å². The average Bonchev–Trinajstić information content (AvgIpc) is 2.54. The van der Waals surface area contributed by atoms with E-state index in [9.17, 15) is 4.79 Å². The second-order valence-electron chi connectivity index (χ2n) is 5.05. The predicted octanol–water partition coefficient (Wildman–Crippen LogP) is 2.01. The molecule has 0 saturated heterocycles. The van der Waals surface area contributed by atoms with Crippen molar-refractivity contribution in [3.8, 4) is 0 Å². The Kier molecular flexibility index (Phi) is 8.64. The van der Waals surface area contributed by atoms with E-state index in [1.54, 1.807) is 24.5 Å². The fraction of sp³-hybridized carbons (Fsp3) is 0.562. The molecule has 1 aromatic heterocycles. The van der Waals surface area contributed by atoms with Crippen molar-refractivity contribution in [1.29, 1.82) is 0 Å². The molecule has 0 spiro atoms. The number of hydrogen-bond donors (Lipinski definition) is 3. The molecule has 0 aliphatic rings. The summed E-state index contributed by atoms with van der Waals surface area (Å²) in [5.74, 6) is 1.14. The molecule has 1 aromatic rings.